The van der Waals surface area contributed by atoms with Crippen LogP contribution >= 0.6 is 11.6 Å². The second kappa shape index (κ2) is 10.2. The van der Waals surface area contributed by atoms with Crippen LogP contribution < -0.4 is 5.32 Å². The highest BCUT2D eigenvalue weighted by Gasteiger charge is 2.36. The van der Waals surface area contributed by atoms with Crippen LogP contribution in [0, 0.1) is 0 Å². The Hall–Kier alpha value is -4.11. The fourth-order valence-electron chi connectivity index (χ4n) is 4.36. The second-order valence-corrected chi connectivity index (χ2v) is 9.13. The Labute approximate surface area is 224 Å². The lowest BCUT2D eigenvalue weighted by Gasteiger charge is -2.17. The van der Waals surface area contributed by atoms with Crippen LogP contribution in [0.15, 0.2) is 91.0 Å². The summed E-state index contributed by atoms with van der Waals surface area (Å²) < 4.78 is 80.3. The van der Waals surface area contributed by atoms with Gasteiger partial charge >= 0.3 is 12.4 Å². The first-order valence-corrected chi connectivity index (χ1v) is 12.0. The lowest BCUT2D eigenvalue weighted by Crippen LogP contribution is -2.14. The molecular formula is C29H18ClF6N3. The number of aromatic nitrogens is 2. The summed E-state index contributed by atoms with van der Waals surface area (Å²) in [6.45, 7) is -0.477. The van der Waals surface area contributed by atoms with Gasteiger partial charge in [0, 0.05) is 28.7 Å². The van der Waals surface area contributed by atoms with Gasteiger partial charge in [0.2, 0.25) is 0 Å². The van der Waals surface area contributed by atoms with Gasteiger partial charge in [-0.05, 0) is 47.5 Å². The molecule has 0 amide bonds. The number of benzene rings is 4. The predicted octanol–water partition coefficient (Wildman–Crippen LogP) is 9.27. The van der Waals surface area contributed by atoms with Gasteiger partial charge in [-0.2, -0.15) is 26.3 Å². The van der Waals surface area contributed by atoms with E-state index in [0.29, 0.717) is 56.6 Å². The zero-order chi connectivity index (χ0) is 27.8. The summed E-state index contributed by atoms with van der Waals surface area (Å²) >= 11 is 6.37. The van der Waals surface area contributed by atoms with E-state index in [2.05, 4.69) is 15.5 Å². The molecule has 0 unspecified atom stereocenters. The van der Waals surface area contributed by atoms with Crippen LogP contribution in [0.3, 0.4) is 0 Å². The lowest BCUT2D eigenvalue weighted by atomic mass is 9.95. The van der Waals surface area contributed by atoms with Gasteiger partial charge in [0.1, 0.15) is 11.2 Å². The SMILES string of the molecule is FC(F)(F)c1ccc(C(F)(F)F)c(CNc2cccc(-c3c(-c4ccccc4)nnc4c(Cl)cccc34)c2)c1. The first-order valence-electron chi connectivity index (χ1n) is 11.6. The highest BCUT2D eigenvalue weighted by molar-refractivity contribution is 6.35. The van der Waals surface area contributed by atoms with Crippen molar-refractivity contribution in [1.82, 2.24) is 10.2 Å². The van der Waals surface area contributed by atoms with E-state index in [4.69, 9.17) is 11.6 Å². The first-order chi connectivity index (χ1) is 18.5. The van der Waals surface area contributed by atoms with E-state index in [0.717, 1.165) is 5.56 Å². The van der Waals surface area contributed by atoms with Crippen molar-refractivity contribution in [3.63, 3.8) is 0 Å². The molecule has 39 heavy (non-hydrogen) atoms. The fourth-order valence-corrected chi connectivity index (χ4v) is 4.57. The van der Waals surface area contributed by atoms with E-state index in [1.54, 1.807) is 36.4 Å². The zero-order valence-corrected chi connectivity index (χ0v) is 20.7. The Balaban J connectivity index is 1.57. The molecule has 198 valence electrons. The van der Waals surface area contributed by atoms with Crippen LogP contribution in [-0.2, 0) is 18.9 Å². The van der Waals surface area contributed by atoms with Crippen molar-refractivity contribution in [2.45, 2.75) is 18.9 Å². The Bertz CT molecular complexity index is 1650. The third-order valence-electron chi connectivity index (χ3n) is 6.16. The van der Waals surface area contributed by atoms with Crippen LogP contribution in [0.5, 0.6) is 0 Å². The van der Waals surface area contributed by atoms with E-state index in [1.165, 1.54) is 0 Å². The number of halogens is 7. The molecule has 0 saturated heterocycles. The van der Waals surface area contributed by atoms with Gasteiger partial charge in [-0.25, -0.2) is 0 Å². The molecule has 1 aromatic heterocycles. The number of nitrogens with one attached hydrogen (secondary N) is 1. The summed E-state index contributed by atoms with van der Waals surface area (Å²) in [6.07, 6.45) is -9.59. The molecule has 0 spiro atoms. The molecule has 0 radical (unpaired) electrons. The van der Waals surface area contributed by atoms with Gasteiger partial charge in [0.15, 0.2) is 0 Å². The standard InChI is InChI=1S/C29H18ClF6N3/c30-24-11-5-10-22-25(26(38-39-27(22)24)17-6-2-1-3-7-17)18-8-4-9-21(15-18)37-16-19-14-20(28(31,32)33)12-13-23(19)29(34,35)36/h1-15,37H,16H2. The van der Waals surface area contributed by atoms with E-state index < -0.39 is 35.6 Å². The number of fused-ring (bicyclic) bond motifs is 1. The smallest absolute Gasteiger partial charge is 0.381 e. The van der Waals surface area contributed by atoms with Crippen LogP contribution in [0.25, 0.3) is 33.3 Å². The minimum atomic E-state index is -4.81. The lowest BCUT2D eigenvalue weighted by molar-refractivity contribution is -0.141. The average molecular weight is 558 g/mol. The van der Waals surface area contributed by atoms with Crippen LogP contribution in [0.1, 0.15) is 16.7 Å². The maximum absolute atomic E-state index is 13.5. The predicted molar refractivity (Wildman–Crippen MR) is 139 cm³/mol. The van der Waals surface area contributed by atoms with E-state index in [-0.39, 0.29) is 0 Å². The molecule has 3 nitrogen and oxygen atoms in total. The van der Waals surface area contributed by atoms with Gasteiger partial charge in [0.05, 0.1) is 16.1 Å². The topological polar surface area (TPSA) is 37.8 Å². The summed E-state index contributed by atoms with van der Waals surface area (Å²) in [5, 5.41) is 12.7. The molecule has 0 atom stereocenters. The third kappa shape index (κ3) is 5.54. The Morgan fingerprint density at radius 1 is 0.692 bits per heavy atom. The van der Waals surface area contributed by atoms with Gasteiger partial charge in [-0.15, -0.1) is 10.2 Å². The van der Waals surface area contributed by atoms with E-state index >= 15 is 0 Å². The number of anilines is 1. The number of rotatable bonds is 5. The molecule has 0 fully saturated rings. The largest absolute Gasteiger partial charge is 0.416 e. The maximum Gasteiger partial charge on any atom is 0.416 e. The summed E-state index contributed by atoms with van der Waals surface area (Å²) in [7, 11) is 0. The van der Waals surface area contributed by atoms with Crippen LogP contribution in [0.4, 0.5) is 32.0 Å². The molecular weight excluding hydrogens is 540 g/mol. The molecule has 5 rings (SSSR count). The minimum absolute atomic E-state index is 0.402. The molecule has 0 aliphatic heterocycles. The van der Waals surface area contributed by atoms with Gasteiger partial charge in [-0.3, -0.25) is 0 Å². The molecule has 1 N–H and O–H groups in total. The number of nitrogens with zero attached hydrogens (tertiary/aromatic N) is 2. The fraction of sp³-hybridized carbons (Fsp3) is 0.103. The maximum atomic E-state index is 13.5. The quantitative estimate of drug-likeness (QED) is 0.219. The second-order valence-electron chi connectivity index (χ2n) is 8.73. The van der Waals surface area contributed by atoms with Crippen LogP contribution in [-0.4, -0.2) is 10.2 Å². The normalized spacial score (nSPS) is 12.1. The van der Waals surface area contributed by atoms with Crippen molar-refractivity contribution in [2.24, 2.45) is 0 Å². The van der Waals surface area contributed by atoms with Crippen molar-refractivity contribution in [3.8, 4) is 22.4 Å². The Kier molecular flexibility index (Phi) is 6.94. The minimum Gasteiger partial charge on any atom is -0.381 e. The Morgan fingerprint density at radius 3 is 2.13 bits per heavy atom. The summed E-state index contributed by atoms with van der Waals surface area (Å²) in [4.78, 5) is 0. The average Bonchev–Trinajstić information content (AvgIpc) is 2.91. The van der Waals surface area contributed by atoms with Crippen molar-refractivity contribution in [1.29, 1.82) is 0 Å². The number of hydrogen-bond acceptors (Lipinski definition) is 3. The first kappa shape index (κ1) is 26.5. The van der Waals surface area contributed by atoms with Gasteiger partial charge < -0.3 is 5.32 Å². The third-order valence-corrected chi connectivity index (χ3v) is 6.47. The van der Waals surface area contributed by atoms with Crippen LogP contribution in [0.2, 0.25) is 5.02 Å². The molecule has 0 aliphatic rings. The number of hydrogen-bond donors (Lipinski definition) is 1. The van der Waals surface area contributed by atoms with Gasteiger partial charge in [-0.1, -0.05) is 66.2 Å². The van der Waals surface area contributed by atoms with E-state index in [9.17, 15) is 26.3 Å². The molecule has 4 aromatic carbocycles. The van der Waals surface area contributed by atoms with Crippen molar-refractivity contribution >= 4 is 28.2 Å². The van der Waals surface area contributed by atoms with Crippen molar-refractivity contribution in [3.05, 3.63) is 113 Å². The highest BCUT2D eigenvalue weighted by Crippen LogP contribution is 2.39. The summed E-state index contributed by atoms with van der Waals surface area (Å²) in [5.74, 6) is 0. The molecule has 10 heteroatoms. The highest BCUT2D eigenvalue weighted by atomic mass is 35.5. The van der Waals surface area contributed by atoms with Crippen molar-refractivity contribution < 1.29 is 26.3 Å². The zero-order valence-electron chi connectivity index (χ0n) is 19.9. The molecule has 0 saturated carbocycles. The monoisotopic (exact) mass is 557 g/mol. The number of alkyl halides is 6. The van der Waals surface area contributed by atoms with Crippen molar-refractivity contribution in [2.75, 3.05) is 5.32 Å². The molecule has 1 heterocycles. The molecule has 5 aromatic rings. The summed E-state index contributed by atoms with van der Waals surface area (Å²) in [5.41, 5.74) is 0.807. The summed E-state index contributed by atoms with van der Waals surface area (Å²) in [6, 6.07) is 22.9. The van der Waals surface area contributed by atoms with E-state index in [1.807, 2.05) is 36.4 Å². The Morgan fingerprint density at radius 2 is 1.41 bits per heavy atom. The molecule has 0 aliphatic carbocycles. The van der Waals surface area contributed by atoms with Gasteiger partial charge in [0.25, 0.3) is 0 Å². The molecule has 0 bridgehead atoms.